The lowest BCUT2D eigenvalue weighted by molar-refractivity contribution is -0.160. The largest absolute Gasteiger partial charge is 0.496 e. The molecule has 5 nitrogen and oxygen atoms in total. The van der Waals surface area contributed by atoms with Gasteiger partial charge in [-0.05, 0) is 18.2 Å². The molecule has 1 unspecified atom stereocenters. The molecule has 2 rings (SSSR count). The van der Waals surface area contributed by atoms with Crippen LogP contribution in [0.1, 0.15) is 5.56 Å². The predicted molar refractivity (Wildman–Crippen MR) is 77.7 cm³/mol. The van der Waals surface area contributed by atoms with Gasteiger partial charge in [0.15, 0.2) is 6.10 Å². The van der Waals surface area contributed by atoms with E-state index in [0.717, 1.165) is 22.3 Å². The lowest BCUT2D eigenvalue weighted by Crippen LogP contribution is -2.46. The number of hydrogen-bond donors (Lipinski definition) is 0. The van der Waals surface area contributed by atoms with Crippen molar-refractivity contribution >= 4 is 21.9 Å². The second kappa shape index (κ2) is 7.06. The maximum atomic E-state index is 11.5. The minimum atomic E-state index is -0.508. The second-order valence-electron chi connectivity index (χ2n) is 4.57. The van der Waals surface area contributed by atoms with Crippen molar-refractivity contribution in [3.8, 4) is 5.75 Å². The molecule has 110 valence electrons. The van der Waals surface area contributed by atoms with E-state index in [-0.39, 0.29) is 5.97 Å². The Hall–Kier alpha value is -1.11. The molecule has 1 aliphatic rings. The molecule has 0 saturated carbocycles. The molecule has 0 spiro atoms. The topological polar surface area (TPSA) is 48.0 Å². The summed E-state index contributed by atoms with van der Waals surface area (Å²) in [5, 5.41) is 0. The molecule has 1 heterocycles. The number of hydrogen-bond acceptors (Lipinski definition) is 5. The quantitative estimate of drug-likeness (QED) is 0.780. The van der Waals surface area contributed by atoms with Crippen LogP contribution in [0.2, 0.25) is 0 Å². The molecule has 1 fully saturated rings. The number of nitrogens with zero attached hydrogens (tertiary/aromatic N) is 1. The van der Waals surface area contributed by atoms with Crippen molar-refractivity contribution in [2.24, 2.45) is 0 Å². The Balaban J connectivity index is 2.06. The van der Waals surface area contributed by atoms with Gasteiger partial charge >= 0.3 is 5.97 Å². The van der Waals surface area contributed by atoms with E-state index in [1.165, 1.54) is 7.11 Å². The van der Waals surface area contributed by atoms with Crippen LogP contribution in [0.5, 0.6) is 5.75 Å². The zero-order valence-electron chi connectivity index (χ0n) is 11.6. The van der Waals surface area contributed by atoms with Crippen LogP contribution in [0.15, 0.2) is 22.7 Å². The number of esters is 1. The first-order chi connectivity index (χ1) is 9.63. The number of carbonyl (C=O) groups excluding carboxylic acids is 1. The van der Waals surface area contributed by atoms with Crippen LogP contribution < -0.4 is 4.74 Å². The van der Waals surface area contributed by atoms with Crippen molar-refractivity contribution < 1.29 is 19.0 Å². The molecule has 1 atom stereocenters. The van der Waals surface area contributed by atoms with Gasteiger partial charge in [-0.15, -0.1) is 0 Å². The molecular weight excluding hydrogens is 326 g/mol. The van der Waals surface area contributed by atoms with Crippen molar-refractivity contribution in [2.75, 3.05) is 33.9 Å². The van der Waals surface area contributed by atoms with Crippen LogP contribution in [0.3, 0.4) is 0 Å². The van der Waals surface area contributed by atoms with Crippen LogP contribution >= 0.6 is 15.9 Å². The Morgan fingerprint density at radius 2 is 2.30 bits per heavy atom. The van der Waals surface area contributed by atoms with Crippen molar-refractivity contribution in [1.82, 2.24) is 4.90 Å². The molecule has 0 radical (unpaired) electrons. The van der Waals surface area contributed by atoms with Gasteiger partial charge in [-0.3, -0.25) is 4.90 Å². The summed E-state index contributed by atoms with van der Waals surface area (Å²) in [5.41, 5.74) is 1.08. The van der Waals surface area contributed by atoms with E-state index >= 15 is 0 Å². The fourth-order valence-corrected chi connectivity index (χ4v) is 2.64. The van der Waals surface area contributed by atoms with Crippen LogP contribution in [0.25, 0.3) is 0 Å². The molecule has 0 aliphatic carbocycles. The number of methoxy groups -OCH3 is 2. The third-order valence-electron chi connectivity index (χ3n) is 3.25. The number of morpholine rings is 1. The fraction of sp³-hybridized carbons (Fsp3) is 0.500. The zero-order valence-corrected chi connectivity index (χ0v) is 13.2. The summed E-state index contributed by atoms with van der Waals surface area (Å²) in [6.45, 7) is 2.54. The van der Waals surface area contributed by atoms with E-state index in [0.29, 0.717) is 19.7 Å². The lowest BCUT2D eigenvalue weighted by Gasteiger charge is -2.31. The van der Waals surface area contributed by atoms with Gasteiger partial charge in [0.25, 0.3) is 0 Å². The molecule has 0 amide bonds. The molecule has 20 heavy (non-hydrogen) atoms. The number of rotatable bonds is 4. The highest BCUT2D eigenvalue weighted by Gasteiger charge is 2.27. The third-order valence-corrected chi connectivity index (χ3v) is 3.74. The molecule has 0 aromatic heterocycles. The highest BCUT2D eigenvalue weighted by molar-refractivity contribution is 9.10. The number of benzene rings is 1. The minimum Gasteiger partial charge on any atom is -0.496 e. The van der Waals surface area contributed by atoms with E-state index in [9.17, 15) is 4.79 Å². The average Bonchev–Trinajstić information content (AvgIpc) is 2.47. The summed E-state index contributed by atoms with van der Waals surface area (Å²) < 4.78 is 16.5. The van der Waals surface area contributed by atoms with Gasteiger partial charge in [0.1, 0.15) is 5.75 Å². The normalized spacial score (nSPS) is 19.6. The number of halogens is 1. The summed E-state index contributed by atoms with van der Waals surface area (Å²) in [4.78, 5) is 13.7. The second-order valence-corrected chi connectivity index (χ2v) is 5.49. The van der Waals surface area contributed by atoms with Gasteiger partial charge in [-0.25, -0.2) is 4.79 Å². The number of carbonyl (C=O) groups is 1. The highest BCUT2D eigenvalue weighted by Crippen LogP contribution is 2.25. The first kappa shape index (κ1) is 15.3. The monoisotopic (exact) mass is 343 g/mol. The standard InChI is InChI=1S/C14H18BrNO4/c1-18-12-4-3-11(15)7-10(12)8-16-5-6-20-13(9-16)14(17)19-2/h3-4,7,13H,5-6,8-9H2,1-2H3. The summed E-state index contributed by atoms with van der Waals surface area (Å²) in [6.07, 6.45) is -0.508. The van der Waals surface area contributed by atoms with Gasteiger partial charge in [0.05, 0.1) is 20.8 Å². The van der Waals surface area contributed by atoms with Crippen molar-refractivity contribution in [1.29, 1.82) is 0 Å². The third kappa shape index (κ3) is 3.71. The SMILES string of the molecule is COC(=O)C1CN(Cc2cc(Br)ccc2OC)CCO1. The van der Waals surface area contributed by atoms with Crippen LogP contribution in [0.4, 0.5) is 0 Å². The van der Waals surface area contributed by atoms with Gasteiger partial charge in [-0.1, -0.05) is 15.9 Å². The van der Waals surface area contributed by atoms with E-state index in [2.05, 4.69) is 20.8 Å². The summed E-state index contributed by atoms with van der Waals surface area (Å²) in [7, 11) is 3.03. The Morgan fingerprint density at radius 3 is 3.00 bits per heavy atom. The molecule has 6 heteroatoms. The molecule has 1 aromatic rings. The maximum Gasteiger partial charge on any atom is 0.336 e. The van der Waals surface area contributed by atoms with E-state index < -0.39 is 6.10 Å². The smallest absolute Gasteiger partial charge is 0.336 e. The van der Waals surface area contributed by atoms with Crippen molar-refractivity contribution in [2.45, 2.75) is 12.6 Å². The summed E-state index contributed by atoms with van der Waals surface area (Å²) >= 11 is 3.46. The molecule has 0 bridgehead atoms. The molecule has 0 N–H and O–H groups in total. The summed E-state index contributed by atoms with van der Waals surface area (Å²) in [6, 6.07) is 5.90. The highest BCUT2D eigenvalue weighted by atomic mass is 79.9. The fourth-order valence-electron chi connectivity index (χ4n) is 2.23. The van der Waals surface area contributed by atoms with Crippen LogP contribution in [0, 0.1) is 0 Å². The first-order valence-electron chi connectivity index (χ1n) is 6.38. The van der Waals surface area contributed by atoms with Crippen molar-refractivity contribution in [3.63, 3.8) is 0 Å². The lowest BCUT2D eigenvalue weighted by atomic mass is 10.1. The molecule has 1 aliphatic heterocycles. The Kier molecular flexibility index (Phi) is 5.39. The van der Waals surface area contributed by atoms with E-state index in [4.69, 9.17) is 14.2 Å². The Labute approximate surface area is 126 Å². The van der Waals surface area contributed by atoms with Crippen LogP contribution in [-0.2, 0) is 20.8 Å². The zero-order chi connectivity index (χ0) is 14.5. The maximum absolute atomic E-state index is 11.5. The van der Waals surface area contributed by atoms with Crippen molar-refractivity contribution in [3.05, 3.63) is 28.2 Å². The average molecular weight is 344 g/mol. The Morgan fingerprint density at radius 1 is 1.50 bits per heavy atom. The Bertz CT molecular complexity index is 480. The molecule has 1 saturated heterocycles. The number of ether oxygens (including phenoxy) is 3. The first-order valence-corrected chi connectivity index (χ1v) is 7.17. The van der Waals surface area contributed by atoms with Gasteiger partial charge in [0, 0.05) is 29.7 Å². The van der Waals surface area contributed by atoms with E-state index in [1.54, 1.807) is 7.11 Å². The van der Waals surface area contributed by atoms with E-state index in [1.807, 2.05) is 18.2 Å². The summed E-state index contributed by atoms with van der Waals surface area (Å²) in [5.74, 6) is 0.519. The van der Waals surface area contributed by atoms with Gasteiger partial charge in [0.2, 0.25) is 0 Å². The predicted octanol–water partition coefficient (Wildman–Crippen LogP) is 1.83. The molecule has 1 aromatic carbocycles. The minimum absolute atomic E-state index is 0.323. The molecular formula is C14H18BrNO4. The van der Waals surface area contributed by atoms with Gasteiger partial charge < -0.3 is 14.2 Å². The van der Waals surface area contributed by atoms with Gasteiger partial charge in [-0.2, -0.15) is 0 Å². The van der Waals surface area contributed by atoms with Crippen LogP contribution in [-0.4, -0.2) is 50.9 Å².